The van der Waals surface area contributed by atoms with E-state index < -0.39 is 0 Å². The van der Waals surface area contributed by atoms with Crippen LogP contribution in [0.25, 0.3) is 0 Å². The molecule has 2 amide bonds. The molecule has 0 aliphatic carbocycles. The maximum atomic E-state index is 12.5. The van der Waals surface area contributed by atoms with E-state index in [1.165, 1.54) is 0 Å². The molecule has 0 spiro atoms. The number of amides is 2. The van der Waals surface area contributed by atoms with Crippen molar-refractivity contribution < 1.29 is 9.59 Å². The summed E-state index contributed by atoms with van der Waals surface area (Å²) in [4.78, 5) is 28.8. The van der Waals surface area contributed by atoms with Crippen LogP contribution in [0.5, 0.6) is 0 Å². The number of benzene rings is 1. The number of piperazine rings is 1. The van der Waals surface area contributed by atoms with E-state index in [0.717, 1.165) is 44.7 Å². The van der Waals surface area contributed by atoms with E-state index in [4.69, 9.17) is 11.6 Å². The van der Waals surface area contributed by atoms with Crippen LogP contribution >= 0.6 is 24.0 Å². The number of rotatable bonds is 4. The van der Waals surface area contributed by atoms with Crippen molar-refractivity contribution in [1.29, 1.82) is 0 Å². The molecule has 0 bridgehead atoms. The van der Waals surface area contributed by atoms with Crippen LogP contribution in [0.2, 0.25) is 5.02 Å². The summed E-state index contributed by atoms with van der Waals surface area (Å²) in [6.07, 6.45) is 1.87. The van der Waals surface area contributed by atoms with Gasteiger partial charge in [-0.25, -0.2) is 0 Å². The highest BCUT2D eigenvalue weighted by Crippen LogP contribution is 2.17. The monoisotopic (exact) mass is 400 g/mol. The molecule has 2 heterocycles. The van der Waals surface area contributed by atoms with Crippen molar-refractivity contribution in [1.82, 2.24) is 15.1 Å². The number of nitrogens with one attached hydrogen (secondary N) is 2. The average molecular weight is 401 g/mol. The van der Waals surface area contributed by atoms with E-state index in [2.05, 4.69) is 15.5 Å². The Kier molecular flexibility index (Phi) is 8.15. The van der Waals surface area contributed by atoms with Gasteiger partial charge in [0.15, 0.2) is 0 Å². The average Bonchev–Trinajstić information content (AvgIpc) is 2.64. The van der Waals surface area contributed by atoms with Crippen molar-refractivity contribution in [3.8, 4) is 0 Å². The van der Waals surface area contributed by atoms with Crippen LogP contribution in [-0.4, -0.2) is 67.4 Å². The molecule has 3 rings (SSSR count). The minimum atomic E-state index is -0.0412. The molecule has 2 saturated heterocycles. The molecule has 26 heavy (non-hydrogen) atoms. The molecule has 0 saturated carbocycles. The molecule has 0 unspecified atom stereocenters. The number of halogens is 2. The fraction of sp³-hybridized carbons (Fsp3) is 0.556. The number of anilines is 1. The first-order chi connectivity index (χ1) is 12.1. The second kappa shape index (κ2) is 10.1. The molecule has 1 aromatic rings. The van der Waals surface area contributed by atoms with E-state index in [9.17, 15) is 9.59 Å². The minimum Gasteiger partial charge on any atom is -0.340 e. The summed E-state index contributed by atoms with van der Waals surface area (Å²) in [5.74, 6) is 0.410. The van der Waals surface area contributed by atoms with Crippen LogP contribution in [0.15, 0.2) is 24.3 Å². The zero-order valence-electron chi connectivity index (χ0n) is 14.7. The summed E-state index contributed by atoms with van der Waals surface area (Å²) in [7, 11) is 0. The first kappa shape index (κ1) is 21.0. The Balaban J connectivity index is 0.00000243. The molecule has 0 atom stereocenters. The first-order valence-electron chi connectivity index (χ1n) is 8.89. The molecule has 2 aliphatic heterocycles. The first-order valence-corrected chi connectivity index (χ1v) is 9.27. The van der Waals surface area contributed by atoms with Gasteiger partial charge in [-0.1, -0.05) is 11.6 Å². The molecule has 1 aromatic carbocycles. The van der Waals surface area contributed by atoms with Crippen LogP contribution in [0.4, 0.5) is 5.69 Å². The van der Waals surface area contributed by atoms with Crippen molar-refractivity contribution in [3.63, 3.8) is 0 Å². The third kappa shape index (κ3) is 5.84. The predicted molar refractivity (Wildman–Crippen MR) is 106 cm³/mol. The smallest absolute Gasteiger partial charge is 0.238 e. The number of carbonyl (C=O) groups excluding carboxylic acids is 2. The predicted octanol–water partition coefficient (Wildman–Crippen LogP) is 1.84. The molecule has 0 aromatic heterocycles. The van der Waals surface area contributed by atoms with Crippen molar-refractivity contribution in [3.05, 3.63) is 29.3 Å². The molecule has 8 heteroatoms. The summed E-state index contributed by atoms with van der Waals surface area (Å²) in [6.45, 7) is 5.10. The molecule has 2 aliphatic rings. The Bertz CT molecular complexity index is 598. The zero-order chi connectivity index (χ0) is 17.6. The zero-order valence-corrected chi connectivity index (χ0v) is 16.3. The summed E-state index contributed by atoms with van der Waals surface area (Å²) in [6, 6.07) is 7.08. The Morgan fingerprint density at radius 2 is 1.69 bits per heavy atom. The Labute approximate surface area is 165 Å². The topological polar surface area (TPSA) is 64.7 Å². The lowest BCUT2D eigenvalue weighted by atomic mass is 9.96. The summed E-state index contributed by atoms with van der Waals surface area (Å²) in [5, 5.41) is 6.81. The highest BCUT2D eigenvalue weighted by atomic mass is 35.5. The van der Waals surface area contributed by atoms with Gasteiger partial charge in [0.2, 0.25) is 11.8 Å². The fourth-order valence-electron chi connectivity index (χ4n) is 3.39. The van der Waals surface area contributed by atoms with Crippen LogP contribution < -0.4 is 10.6 Å². The maximum absolute atomic E-state index is 12.5. The van der Waals surface area contributed by atoms with Gasteiger partial charge in [0, 0.05) is 42.8 Å². The highest BCUT2D eigenvalue weighted by Gasteiger charge is 2.28. The van der Waals surface area contributed by atoms with Crippen LogP contribution in [0.3, 0.4) is 0 Å². The molecular weight excluding hydrogens is 375 g/mol. The molecule has 0 radical (unpaired) electrons. The van der Waals surface area contributed by atoms with Crippen molar-refractivity contribution in [2.24, 2.45) is 5.92 Å². The van der Waals surface area contributed by atoms with Gasteiger partial charge in [0.25, 0.3) is 0 Å². The number of nitrogens with zero attached hydrogens (tertiary/aromatic N) is 2. The normalized spacial score (nSPS) is 18.9. The number of carbonyl (C=O) groups is 2. The quantitative estimate of drug-likeness (QED) is 0.809. The van der Waals surface area contributed by atoms with Crippen molar-refractivity contribution in [2.45, 2.75) is 12.8 Å². The largest absolute Gasteiger partial charge is 0.340 e. The SMILES string of the molecule is Cl.O=C(CN1CCN(C(=O)C2CCNCC2)CC1)Nc1ccc(Cl)cc1. The highest BCUT2D eigenvalue weighted by molar-refractivity contribution is 6.30. The van der Waals surface area contributed by atoms with Crippen LogP contribution in [0, 0.1) is 5.92 Å². The summed E-state index contributed by atoms with van der Waals surface area (Å²) < 4.78 is 0. The van der Waals surface area contributed by atoms with E-state index in [0.29, 0.717) is 24.7 Å². The van der Waals surface area contributed by atoms with Gasteiger partial charge in [0.05, 0.1) is 6.54 Å². The summed E-state index contributed by atoms with van der Waals surface area (Å²) in [5.41, 5.74) is 0.745. The van der Waals surface area contributed by atoms with Gasteiger partial charge in [-0.2, -0.15) is 0 Å². The van der Waals surface area contributed by atoms with Crippen molar-refractivity contribution in [2.75, 3.05) is 51.1 Å². The molecular formula is C18H26Cl2N4O2. The standard InChI is InChI=1S/C18H25ClN4O2.ClH/c19-15-1-3-16(4-2-15)21-17(24)13-22-9-11-23(12-10-22)18(25)14-5-7-20-8-6-14;/h1-4,14,20H,5-13H2,(H,21,24);1H. The Morgan fingerprint density at radius 1 is 1.08 bits per heavy atom. The van der Waals surface area contributed by atoms with E-state index in [1.807, 2.05) is 4.90 Å². The molecule has 2 fully saturated rings. The van der Waals surface area contributed by atoms with Gasteiger partial charge in [-0.15, -0.1) is 12.4 Å². The van der Waals surface area contributed by atoms with Crippen molar-refractivity contribution >= 4 is 41.5 Å². The van der Waals surface area contributed by atoms with E-state index in [-0.39, 0.29) is 30.1 Å². The second-order valence-electron chi connectivity index (χ2n) is 6.68. The molecule has 2 N–H and O–H groups in total. The summed E-state index contributed by atoms with van der Waals surface area (Å²) >= 11 is 5.84. The number of piperidine rings is 1. The van der Waals surface area contributed by atoms with E-state index in [1.54, 1.807) is 24.3 Å². The Hall–Kier alpha value is -1.34. The van der Waals surface area contributed by atoms with E-state index >= 15 is 0 Å². The third-order valence-corrected chi connectivity index (χ3v) is 5.12. The fourth-order valence-corrected chi connectivity index (χ4v) is 3.52. The number of hydrogen-bond donors (Lipinski definition) is 2. The van der Waals surface area contributed by atoms with Gasteiger partial charge in [-0.05, 0) is 50.2 Å². The van der Waals surface area contributed by atoms with Crippen LogP contribution in [-0.2, 0) is 9.59 Å². The van der Waals surface area contributed by atoms with Gasteiger partial charge in [0.1, 0.15) is 0 Å². The lowest BCUT2D eigenvalue weighted by Crippen LogP contribution is -2.52. The Morgan fingerprint density at radius 3 is 2.31 bits per heavy atom. The van der Waals surface area contributed by atoms with Crippen LogP contribution in [0.1, 0.15) is 12.8 Å². The lowest BCUT2D eigenvalue weighted by Gasteiger charge is -2.36. The third-order valence-electron chi connectivity index (χ3n) is 4.87. The second-order valence-corrected chi connectivity index (χ2v) is 7.12. The minimum absolute atomic E-state index is 0. The number of hydrogen-bond acceptors (Lipinski definition) is 4. The van der Waals surface area contributed by atoms with Gasteiger partial charge in [-0.3, -0.25) is 14.5 Å². The molecule has 144 valence electrons. The lowest BCUT2D eigenvalue weighted by molar-refractivity contribution is -0.138. The maximum Gasteiger partial charge on any atom is 0.238 e. The van der Waals surface area contributed by atoms with Gasteiger partial charge >= 0.3 is 0 Å². The van der Waals surface area contributed by atoms with Gasteiger partial charge < -0.3 is 15.5 Å². The molecule has 6 nitrogen and oxygen atoms in total.